The van der Waals surface area contributed by atoms with E-state index in [0.29, 0.717) is 0 Å². The zero-order valence-electron chi connectivity index (χ0n) is 34.7. The molecule has 2 aliphatic heterocycles. The lowest BCUT2D eigenvalue weighted by Crippen LogP contribution is -2.65. The number of benzene rings is 5. The molecule has 2 saturated heterocycles. The molecule has 15 nitrogen and oxygen atoms in total. The van der Waals surface area contributed by atoms with Crippen molar-refractivity contribution in [2.24, 2.45) is 0 Å². The summed E-state index contributed by atoms with van der Waals surface area (Å²) in [6.07, 6.45) is -14.8. The number of halogens is 3. The summed E-state index contributed by atoms with van der Waals surface area (Å²) in [5.74, 6) is -5.40. The molecule has 9 atom stereocenters. The number of rotatable bonds is 13. The quantitative estimate of drug-likeness (QED) is 0.0393. The highest BCUT2D eigenvalue weighted by molar-refractivity contribution is 6.76. The van der Waals surface area contributed by atoms with Gasteiger partial charge in [0.2, 0.25) is 12.2 Å². The van der Waals surface area contributed by atoms with E-state index in [1.165, 1.54) is 67.6 Å². The van der Waals surface area contributed by atoms with Crippen LogP contribution < -0.4 is 0 Å². The summed E-state index contributed by atoms with van der Waals surface area (Å²) in [7, 11) is 0. The summed E-state index contributed by atoms with van der Waals surface area (Å²) in [6, 6.07) is 39.3. The molecule has 5 aromatic carbocycles. The molecule has 2 heterocycles. The largest absolute Gasteiger partial charge is 0.452 e. The van der Waals surface area contributed by atoms with Crippen LogP contribution in [-0.2, 0) is 42.6 Å². The lowest BCUT2D eigenvalue weighted by Gasteiger charge is -2.47. The van der Waals surface area contributed by atoms with Crippen LogP contribution in [0, 0.1) is 5.41 Å². The average Bonchev–Trinajstić information content (AvgIpc) is 3.33. The van der Waals surface area contributed by atoms with Crippen molar-refractivity contribution in [2.75, 3.05) is 6.61 Å². The van der Waals surface area contributed by atoms with E-state index in [0.717, 1.165) is 0 Å². The van der Waals surface area contributed by atoms with Gasteiger partial charge in [-0.05, 0) is 67.6 Å². The zero-order valence-corrected chi connectivity index (χ0v) is 37.0. The van der Waals surface area contributed by atoms with Gasteiger partial charge < -0.3 is 42.6 Å². The van der Waals surface area contributed by atoms with Gasteiger partial charge in [-0.15, -0.1) is 0 Å². The third kappa shape index (κ3) is 11.9. The highest BCUT2D eigenvalue weighted by atomic mass is 35.6. The van der Waals surface area contributed by atoms with E-state index in [4.69, 9.17) is 82.8 Å². The molecule has 0 amide bonds. The first kappa shape index (κ1) is 47.6. The summed E-state index contributed by atoms with van der Waals surface area (Å²) in [4.78, 5) is 69.2. The van der Waals surface area contributed by atoms with Crippen molar-refractivity contribution in [1.29, 1.82) is 5.41 Å². The number of nitrogens with one attached hydrogen (secondary N) is 1. The van der Waals surface area contributed by atoms with E-state index in [9.17, 15) is 24.0 Å². The second kappa shape index (κ2) is 21.8. The van der Waals surface area contributed by atoms with Gasteiger partial charge in [0.1, 0.15) is 0 Å². The van der Waals surface area contributed by atoms with Gasteiger partial charge in [-0.25, -0.2) is 24.0 Å². The number of esters is 5. The average molecular weight is 961 g/mol. The van der Waals surface area contributed by atoms with Crippen molar-refractivity contribution >= 4 is 70.5 Å². The lowest BCUT2D eigenvalue weighted by molar-refractivity contribution is -0.343. The molecule has 2 aliphatic rings. The Morgan fingerprint density at radius 1 is 0.470 bits per heavy atom. The zero-order chi connectivity index (χ0) is 46.8. The highest BCUT2D eigenvalue weighted by Gasteiger charge is 2.56. The summed E-state index contributed by atoms with van der Waals surface area (Å²) in [5.41, 5.74) is 0.503. The van der Waals surface area contributed by atoms with Gasteiger partial charge in [0, 0.05) is 0 Å². The fourth-order valence-electron chi connectivity index (χ4n) is 6.92. The van der Waals surface area contributed by atoms with Crippen molar-refractivity contribution in [3.05, 3.63) is 179 Å². The fourth-order valence-corrected chi connectivity index (χ4v) is 7.05. The summed E-state index contributed by atoms with van der Waals surface area (Å²) in [6.45, 7) is 0.964. The van der Waals surface area contributed by atoms with Crippen LogP contribution in [0.2, 0.25) is 0 Å². The number of alkyl halides is 3. The molecule has 0 aromatic heterocycles. The molecule has 0 spiro atoms. The minimum atomic E-state index is -2.45. The summed E-state index contributed by atoms with van der Waals surface area (Å²) < 4.78 is 52.5. The van der Waals surface area contributed by atoms with E-state index in [1.807, 2.05) is 0 Å². The molecular weight excluding hydrogens is 921 g/mol. The third-order valence-electron chi connectivity index (χ3n) is 10.2. The molecule has 5 aromatic rings. The van der Waals surface area contributed by atoms with Gasteiger partial charge in [-0.2, -0.15) is 0 Å². The number of hydrogen-bond acceptors (Lipinski definition) is 15. The standard InChI is InChI=1S/C48H40Cl3NO14/c1-28-35(61-41(54)30-19-9-3-10-20-30)37(63-43(56)32-23-13-5-14-24-32)39(64-44(57)33-25-15-6-16-26-33)46(59-28)65-38-36(62-42(55)31-21-11-4-12-22-31)34(60-40(53)29-17-7-2-8-18-29)27-58-45(38)66-47(52)48(49,50)51/h2-26,28,34-39,45-46,52H,27H2,1H3/t28-,34-,35-,36-,37+,38+,39+,45+,46-/m0/s1. The molecule has 342 valence electrons. The Morgan fingerprint density at radius 2 is 0.818 bits per heavy atom. The Labute approximate surface area is 393 Å². The van der Waals surface area contributed by atoms with E-state index in [2.05, 4.69) is 0 Å². The molecule has 0 bridgehead atoms. The maximum atomic E-state index is 14.0. The Bertz CT molecular complexity index is 2460. The van der Waals surface area contributed by atoms with Gasteiger partial charge in [0.15, 0.2) is 42.9 Å². The predicted octanol–water partition coefficient (Wildman–Crippen LogP) is 7.96. The number of hydrogen-bond donors (Lipinski definition) is 1. The molecule has 0 aliphatic carbocycles. The minimum absolute atomic E-state index is 0.0572. The van der Waals surface area contributed by atoms with Gasteiger partial charge in [0.05, 0.1) is 40.5 Å². The molecule has 0 unspecified atom stereocenters. The first-order valence-electron chi connectivity index (χ1n) is 20.3. The number of ether oxygens (including phenoxy) is 9. The molecule has 2 fully saturated rings. The Morgan fingerprint density at radius 3 is 1.21 bits per heavy atom. The second-order valence-electron chi connectivity index (χ2n) is 14.7. The fraction of sp³-hybridized carbons (Fsp3) is 0.250. The van der Waals surface area contributed by atoms with E-state index in [-0.39, 0.29) is 27.8 Å². The normalized spacial score (nSPS) is 23.8. The highest BCUT2D eigenvalue weighted by Crippen LogP contribution is 2.36. The van der Waals surface area contributed by atoms with Crippen LogP contribution in [0.4, 0.5) is 0 Å². The van der Waals surface area contributed by atoms with Crippen molar-refractivity contribution in [3.63, 3.8) is 0 Å². The van der Waals surface area contributed by atoms with Crippen molar-refractivity contribution < 1.29 is 66.6 Å². The van der Waals surface area contributed by atoms with E-state index >= 15 is 0 Å². The Balaban J connectivity index is 1.32. The first-order chi connectivity index (χ1) is 31.8. The van der Waals surface area contributed by atoms with Gasteiger partial charge in [-0.3, -0.25) is 5.41 Å². The summed E-state index contributed by atoms with van der Waals surface area (Å²) in [5, 5.41) is 8.46. The maximum Gasteiger partial charge on any atom is 0.338 e. The first-order valence-corrected chi connectivity index (χ1v) is 21.4. The monoisotopic (exact) mass is 959 g/mol. The van der Waals surface area contributed by atoms with Crippen LogP contribution in [0.1, 0.15) is 58.7 Å². The van der Waals surface area contributed by atoms with Gasteiger partial charge >= 0.3 is 29.8 Å². The SMILES string of the molecule is C[C@@H]1O[C@@H](O[C@H]2[C@@H](OC(=N)C(Cl)(Cl)Cl)OC[C@H](OC(=O)c3ccccc3)[C@@H]2OC(=O)c2ccccc2)[C@H](OC(=O)c2ccccc2)[C@H](OC(=O)c2ccccc2)[C@H]1OC(=O)c1ccccc1. The van der Waals surface area contributed by atoms with Crippen LogP contribution in [0.15, 0.2) is 152 Å². The number of carbonyl (C=O) groups is 5. The van der Waals surface area contributed by atoms with E-state index in [1.54, 1.807) is 91.0 Å². The molecule has 18 heteroatoms. The number of carbonyl (C=O) groups excluding carboxylic acids is 5. The summed E-state index contributed by atoms with van der Waals surface area (Å²) >= 11 is 18.1. The molecular formula is C48H40Cl3NO14. The van der Waals surface area contributed by atoms with Crippen molar-refractivity contribution in [1.82, 2.24) is 0 Å². The van der Waals surface area contributed by atoms with Crippen LogP contribution in [0.25, 0.3) is 0 Å². The van der Waals surface area contributed by atoms with Crippen molar-refractivity contribution in [2.45, 2.75) is 66.0 Å². The molecule has 66 heavy (non-hydrogen) atoms. The Kier molecular flexibility index (Phi) is 15.7. The smallest absolute Gasteiger partial charge is 0.338 e. The van der Waals surface area contributed by atoms with Gasteiger partial charge in [-0.1, -0.05) is 126 Å². The lowest BCUT2D eigenvalue weighted by atomic mass is 9.97. The molecule has 1 N–H and O–H groups in total. The topological polar surface area (TPSA) is 192 Å². The molecule has 0 saturated carbocycles. The van der Waals surface area contributed by atoms with Crippen molar-refractivity contribution in [3.8, 4) is 0 Å². The Hall–Kier alpha value is -6.33. The van der Waals surface area contributed by atoms with Crippen LogP contribution in [0.3, 0.4) is 0 Å². The van der Waals surface area contributed by atoms with Crippen LogP contribution in [-0.4, -0.2) is 101 Å². The van der Waals surface area contributed by atoms with E-state index < -0.39 is 101 Å². The maximum absolute atomic E-state index is 14.0. The third-order valence-corrected chi connectivity index (χ3v) is 10.7. The van der Waals surface area contributed by atoms with Crippen LogP contribution >= 0.6 is 34.8 Å². The van der Waals surface area contributed by atoms with Gasteiger partial charge in [0.25, 0.3) is 3.79 Å². The predicted molar refractivity (Wildman–Crippen MR) is 236 cm³/mol. The molecule has 7 rings (SSSR count). The minimum Gasteiger partial charge on any atom is -0.452 e. The molecule has 0 radical (unpaired) electrons. The second-order valence-corrected chi connectivity index (χ2v) is 17.0. The van der Waals surface area contributed by atoms with Crippen LogP contribution in [0.5, 0.6) is 0 Å².